The molecule has 2 aromatic rings. The van der Waals surface area contributed by atoms with Crippen LogP contribution in [0.1, 0.15) is 16.2 Å². The summed E-state index contributed by atoms with van der Waals surface area (Å²) in [5, 5.41) is 3.63. The second-order valence-electron chi connectivity index (χ2n) is 2.59. The summed E-state index contributed by atoms with van der Waals surface area (Å²) in [5.41, 5.74) is 1.15. The maximum Gasteiger partial charge on any atom is 0.260 e. The first-order valence-electron chi connectivity index (χ1n) is 3.74. The Morgan fingerprint density at radius 3 is 3.00 bits per heavy atom. The summed E-state index contributed by atoms with van der Waals surface area (Å²) in [6, 6.07) is 0. The van der Waals surface area contributed by atoms with Crippen LogP contribution in [0.4, 0.5) is 0 Å². The van der Waals surface area contributed by atoms with Crippen molar-refractivity contribution in [2.24, 2.45) is 0 Å². The molecule has 0 saturated heterocycles. The van der Waals surface area contributed by atoms with Gasteiger partial charge in [0, 0.05) is 18.0 Å². The van der Waals surface area contributed by atoms with Gasteiger partial charge in [-0.25, -0.2) is 0 Å². The maximum absolute atomic E-state index is 10.6. The minimum atomic E-state index is 0.362. The monoisotopic (exact) mass is 177 g/mol. The number of carbonyl (C=O) groups is 1. The smallest absolute Gasteiger partial charge is 0.260 e. The van der Waals surface area contributed by atoms with Crippen molar-refractivity contribution in [3.8, 4) is 11.5 Å². The van der Waals surface area contributed by atoms with E-state index in [1.807, 2.05) is 0 Å². The Bertz CT molecular complexity index is 430. The van der Waals surface area contributed by atoms with Crippen LogP contribution in [-0.4, -0.2) is 21.4 Å². The van der Waals surface area contributed by atoms with Crippen molar-refractivity contribution in [1.82, 2.24) is 15.1 Å². The summed E-state index contributed by atoms with van der Waals surface area (Å²) in [6.45, 7) is 1.72. The van der Waals surface area contributed by atoms with Crippen LogP contribution >= 0.6 is 0 Å². The quantitative estimate of drug-likeness (QED) is 0.699. The van der Waals surface area contributed by atoms with Crippen LogP contribution in [-0.2, 0) is 0 Å². The van der Waals surface area contributed by atoms with E-state index in [1.165, 1.54) is 0 Å². The van der Waals surface area contributed by atoms with Gasteiger partial charge in [0.2, 0.25) is 0 Å². The molecule has 0 aliphatic heterocycles. The fourth-order valence-corrected chi connectivity index (χ4v) is 1.07. The van der Waals surface area contributed by atoms with E-state index in [4.69, 9.17) is 4.52 Å². The summed E-state index contributed by atoms with van der Waals surface area (Å²) in [4.78, 5) is 17.4. The molecule has 0 aliphatic rings. The lowest BCUT2D eigenvalue weighted by Crippen LogP contribution is -1.81. The van der Waals surface area contributed by atoms with E-state index in [9.17, 15) is 4.79 Å². The molecule has 2 heterocycles. The van der Waals surface area contributed by atoms with Crippen molar-refractivity contribution in [3.63, 3.8) is 0 Å². The zero-order chi connectivity index (χ0) is 9.26. The van der Waals surface area contributed by atoms with E-state index < -0.39 is 0 Å². The largest absolute Gasteiger partial charge is 0.366 e. The van der Waals surface area contributed by atoms with E-state index >= 15 is 0 Å². The van der Waals surface area contributed by atoms with Crippen molar-refractivity contribution in [3.05, 3.63) is 23.8 Å². The highest BCUT2D eigenvalue weighted by molar-refractivity contribution is 5.84. The van der Waals surface area contributed by atoms with Crippen molar-refractivity contribution in [2.45, 2.75) is 6.92 Å². The van der Waals surface area contributed by atoms with E-state index in [-0.39, 0.29) is 0 Å². The van der Waals surface area contributed by atoms with E-state index in [2.05, 4.69) is 15.1 Å². The number of carbonyl (C=O) groups excluding carboxylic acids is 1. The highest BCUT2D eigenvalue weighted by atomic mass is 16.5. The van der Waals surface area contributed by atoms with Gasteiger partial charge < -0.3 is 9.51 Å². The highest BCUT2D eigenvalue weighted by Crippen LogP contribution is 2.19. The minimum absolute atomic E-state index is 0.362. The van der Waals surface area contributed by atoms with Crippen LogP contribution < -0.4 is 0 Å². The minimum Gasteiger partial charge on any atom is -0.366 e. The number of rotatable bonds is 2. The summed E-state index contributed by atoms with van der Waals surface area (Å²) in [7, 11) is 0. The molecule has 0 aliphatic carbocycles. The van der Waals surface area contributed by atoms with Gasteiger partial charge in [0.25, 0.3) is 5.89 Å². The summed E-state index contributed by atoms with van der Waals surface area (Å²) >= 11 is 0. The molecular weight excluding hydrogens is 170 g/mol. The molecule has 0 fully saturated rings. The summed E-state index contributed by atoms with van der Waals surface area (Å²) in [5.74, 6) is 0.911. The lowest BCUT2D eigenvalue weighted by atomic mass is 10.2. The van der Waals surface area contributed by atoms with Gasteiger partial charge in [0.15, 0.2) is 12.1 Å². The SMILES string of the molecule is Cc1noc(-c2c[nH]cc2C=O)n1. The van der Waals surface area contributed by atoms with Gasteiger partial charge >= 0.3 is 0 Å². The van der Waals surface area contributed by atoms with Gasteiger partial charge in [-0.1, -0.05) is 5.16 Å². The Morgan fingerprint density at radius 1 is 1.54 bits per heavy atom. The summed E-state index contributed by atoms with van der Waals surface area (Å²) < 4.78 is 4.91. The molecule has 0 unspecified atom stereocenters. The Labute approximate surface area is 73.8 Å². The number of hydrogen-bond donors (Lipinski definition) is 1. The highest BCUT2D eigenvalue weighted by Gasteiger charge is 2.11. The van der Waals surface area contributed by atoms with Crippen LogP contribution in [0.3, 0.4) is 0 Å². The second-order valence-corrected chi connectivity index (χ2v) is 2.59. The first-order valence-corrected chi connectivity index (χ1v) is 3.74. The third-order valence-corrected chi connectivity index (χ3v) is 1.66. The molecule has 5 heteroatoms. The Balaban J connectivity index is 2.51. The van der Waals surface area contributed by atoms with Crippen LogP contribution in [0, 0.1) is 6.92 Å². The zero-order valence-corrected chi connectivity index (χ0v) is 6.94. The van der Waals surface area contributed by atoms with Crippen LogP contribution in [0.25, 0.3) is 11.5 Å². The molecular formula is C8H7N3O2. The van der Waals surface area contributed by atoms with Gasteiger partial charge in [0.05, 0.1) is 5.56 Å². The average Bonchev–Trinajstić information content (AvgIpc) is 2.71. The maximum atomic E-state index is 10.6. The number of aryl methyl sites for hydroxylation is 1. The molecule has 2 aromatic heterocycles. The number of nitrogens with zero attached hydrogens (tertiary/aromatic N) is 2. The fraction of sp³-hybridized carbons (Fsp3) is 0.125. The van der Waals surface area contributed by atoms with Gasteiger partial charge in [-0.3, -0.25) is 4.79 Å². The number of nitrogens with one attached hydrogen (secondary N) is 1. The first-order chi connectivity index (χ1) is 6.31. The van der Waals surface area contributed by atoms with Crippen molar-refractivity contribution in [2.75, 3.05) is 0 Å². The van der Waals surface area contributed by atoms with Crippen LogP contribution in [0.15, 0.2) is 16.9 Å². The van der Waals surface area contributed by atoms with Crippen molar-refractivity contribution >= 4 is 6.29 Å². The molecule has 0 amide bonds. The summed E-state index contributed by atoms with van der Waals surface area (Å²) in [6.07, 6.45) is 3.98. The number of aromatic nitrogens is 3. The molecule has 0 bridgehead atoms. The van der Waals surface area contributed by atoms with Crippen LogP contribution in [0.2, 0.25) is 0 Å². The lowest BCUT2D eigenvalue weighted by molar-refractivity contribution is 0.112. The molecule has 66 valence electrons. The molecule has 0 atom stereocenters. The van der Waals surface area contributed by atoms with E-state index in [0.29, 0.717) is 22.8 Å². The Hall–Kier alpha value is -1.91. The lowest BCUT2D eigenvalue weighted by Gasteiger charge is -1.87. The number of hydrogen-bond acceptors (Lipinski definition) is 4. The first kappa shape index (κ1) is 7.72. The predicted octanol–water partition coefficient (Wildman–Crippen LogP) is 1.19. The molecule has 13 heavy (non-hydrogen) atoms. The molecule has 0 aromatic carbocycles. The number of aromatic amines is 1. The fourth-order valence-electron chi connectivity index (χ4n) is 1.07. The van der Waals surface area contributed by atoms with Crippen molar-refractivity contribution in [1.29, 1.82) is 0 Å². The third kappa shape index (κ3) is 1.24. The van der Waals surface area contributed by atoms with E-state index in [1.54, 1.807) is 19.3 Å². The van der Waals surface area contributed by atoms with Gasteiger partial charge in [-0.15, -0.1) is 0 Å². The Morgan fingerprint density at radius 2 is 2.38 bits per heavy atom. The van der Waals surface area contributed by atoms with Crippen molar-refractivity contribution < 1.29 is 9.32 Å². The normalized spacial score (nSPS) is 10.2. The Kier molecular flexibility index (Phi) is 1.70. The molecule has 1 N–H and O–H groups in total. The van der Waals surface area contributed by atoms with Crippen LogP contribution in [0.5, 0.6) is 0 Å². The van der Waals surface area contributed by atoms with Gasteiger partial charge in [-0.2, -0.15) is 4.98 Å². The van der Waals surface area contributed by atoms with Gasteiger partial charge in [0.1, 0.15) is 0 Å². The molecule has 0 spiro atoms. The standard InChI is InChI=1S/C8H7N3O2/c1-5-10-8(13-11-5)7-3-9-2-6(7)4-12/h2-4,9H,1H3. The number of aldehydes is 1. The topological polar surface area (TPSA) is 71.8 Å². The molecule has 5 nitrogen and oxygen atoms in total. The predicted molar refractivity (Wildman–Crippen MR) is 44.2 cm³/mol. The zero-order valence-electron chi connectivity index (χ0n) is 6.94. The van der Waals surface area contributed by atoms with Gasteiger partial charge in [-0.05, 0) is 6.92 Å². The molecule has 0 radical (unpaired) electrons. The average molecular weight is 177 g/mol. The van der Waals surface area contributed by atoms with E-state index in [0.717, 1.165) is 6.29 Å². The molecule has 0 saturated carbocycles. The number of H-pyrrole nitrogens is 1. The second kappa shape index (κ2) is 2.85. The molecule has 2 rings (SSSR count). The third-order valence-electron chi connectivity index (χ3n) is 1.66.